The molecule has 0 saturated carbocycles. The Hall–Kier alpha value is -1.26. The van der Waals surface area contributed by atoms with Crippen molar-refractivity contribution < 1.29 is 4.79 Å². The van der Waals surface area contributed by atoms with Crippen LogP contribution in [0, 0.1) is 0 Å². The van der Waals surface area contributed by atoms with Gasteiger partial charge in [0.1, 0.15) is 0 Å². The lowest BCUT2D eigenvalue weighted by Gasteiger charge is -2.22. The van der Waals surface area contributed by atoms with Crippen LogP contribution in [0.25, 0.3) is 11.0 Å². The molecule has 0 amide bonds. The third-order valence-corrected chi connectivity index (χ3v) is 3.42. The average molecular weight is 300 g/mol. The fourth-order valence-corrected chi connectivity index (χ4v) is 2.49. The summed E-state index contributed by atoms with van der Waals surface area (Å²) in [6.07, 6.45) is 0.759. The Labute approximate surface area is 121 Å². The Kier molecular flexibility index (Phi) is 4.66. The molecule has 2 aromatic rings. The van der Waals surface area contributed by atoms with Gasteiger partial charge in [0.25, 0.3) is 0 Å². The van der Waals surface area contributed by atoms with Gasteiger partial charge in [-0.25, -0.2) is 4.98 Å². The zero-order valence-corrected chi connectivity index (χ0v) is 12.2. The van der Waals surface area contributed by atoms with Crippen LogP contribution in [0.3, 0.4) is 0 Å². The number of halogens is 2. The summed E-state index contributed by atoms with van der Waals surface area (Å²) in [5.41, 5.74) is 2.75. The number of fused-ring (bicyclic) bond motifs is 1. The highest BCUT2D eigenvalue weighted by Crippen LogP contribution is 2.22. The highest BCUT2D eigenvalue weighted by molar-refractivity contribution is 6.18. The van der Waals surface area contributed by atoms with Crippen molar-refractivity contribution in [2.24, 2.45) is 7.05 Å². The van der Waals surface area contributed by atoms with Crippen LogP contribution < -0.4 is 4.90 Å². The fraction of sp³-hybridized carbons (Fsp3) is 0.385. The second-order valence-electron chi connectivity index (χ2n) is 4.18. The van der Waals surface area contributed by atoms with Gasteiger partial charge in [0.2, 0.25) is 0 Å². The van der Waals surface area contributed by atoms with Crippen LogP contribution in [0.1, 0.15) is 10.6 Å². The molecule has 0 aliphatic heterocycles. The highest BCUT2D eigenvalue weighted by atomic mass is 35.5. The number of carbonyl (C=O) groups is 1. The van der Waals surface area contributed by atoms with E-state index in [4.69, 9.17) is 23.2 Å². The zero-order valence-electron chi connectivity index (χ0n) is 10.6. The van der Waals surface area contributed by atoms with Crippen molar-refractivity contribution in [2.45, 2.75) is 0 Å². The number of aryl methyl sites for hydroxylation is 1. The van der Waals surface area contributed by atoms with Gasteiger partial charge in [-0.1, -0.05) is 0 Å². The first-order chi connectivity index (χ1) is 9.21. The number of nitrogens with zero attached hydrogens (tertiary/aromatic N) is 3. The van der Waals surface area contributed by atoms with Gasteiger partial charge in [-0.3, -0.25) is 4.79 Å². The summed E-state index contributed by atoms with van der Waals surface area (Å²) in [4.78, 5) is 17.3. The lowest BCUT2D eigenvalue weighted by Crippen LogP contribution is -2.27. The number of imidazole rings is 1. The molecule has 0 bridgehead atoms. The van der Waals surface area contributed by atoms with E-state index in [9.17, 15) is 4.79 Å². The molecule has 0 aliphatic rings. The largest absolute Gasteiger partial charge is 0.369 e. The van der Waals surface area contributed by atoms with E-state index in [0.717, 1.165) is 36.1 Å². The van der Waals surface area contributed by atoms with Gasteiger partial charge in [0, 0.05) is 37.6 Å². The second-order valence-corrected chi connectivity index (χ2v) is 4.94. The number of alkyl halides is 2. The lowest BCUT2D eigenvalue weighted by atomic mass is 10.2. The maximum absolute atomic E-state index is 10.9. The second kappa shape index (κ2) is 6.26. The first-order valence-electron chi connectivity index (χ1n) is 5.99. The molecule has 0 aliphatic carbocycles. The van der Waals surface area contributed by atoms with Crippen LogP contribution in [-0.2, 0) is 7.05 Å². The molecule has 0 radical (unpaired) electrons. The van der Waals surface area contributed by atoms with Crippen molar-refractivity contribution in [1.82, 2.24) is 9.55 Å². The minimum Gasteiger partial charge on any atom is -0.369 e. The van der Waals surface area contributed by atoms with E-state index < -0.39 is 0 Å². The van der Waals surface area contributed by atoms with Crippen molar-refractivity contribution in [3.8, 4) is 0 Å². The maximum atomic E-state index is 10.9. The normalized spacial score (nSPS) is 10.9. The minimum atomic E-state index is 0.424. The zero-order chi connectivity index (χ0) is 13.8. The molecular weight excluding hydrogens is 285 g/mol. The number of hydrogen-bond donors (Lipinski definition) is 0. The standard InChI is InChI=1S/C13H15Cl2N3O/c1-17-12-3-2-10(18(6-4-14)7-5-15)8-11(12)16-13(17)9-19/h2-3,8-9H,4-7H2,1H3. The molecule has 1 heterocycles. The van der Waals surface area contributed by atoms with Crippen LogP contribution >= 0.6 is 23.2 Å². The molecule has 1 aromatic heterocycles. The van der Waals surface area contributed by atoms with Crippen molar-refractivity contribution in [3.63, 3.8) is 0 Å². The van der Waals surface area contributed by atoms with E-state index in [1.54, 1.807) is 4.57 Å². The van der Waals surface area contributed by atoms with Crippen LogP contribution in [0.15, 0.2) is 18.2 Å². The Morgan fingerprint density at radius 2 is 2.00 bits per heavy atom. The van der Waals surface area contributed by atoms with Gasteiger partial charge in [0.05, 0.1) is 11.0 Å². The fourth-order valence-electron chi connectivity index (χ4n) is 2.08. The molecule has 0 saturated heterocycles. The van der Waals surface area contributed by atoms with Gasteiger partial charge in [0.15, 0.2) is 12.1 Å². The summed E-state index contributed by atoms with van der Waals surface area (Å²) in [5, 5.41) is 0. The van der Waals surface area contributed by atoms with E-state index in [0.29, 0.717) is 17.6 Å². The number of aldehydes is 1. The summed E-state index contributed by atoms with van der Waals surface area (Å²) in [5.74, 6) is 1.50. The Bertz CT molecular complexity index is 577. The average Bonchev–Trinajstić information content (AvgIpc) is 2.74. The highest BCUT2D eigenvalue weighted by Gasteiger charge is 2.10. The van der Waals surface area contributed by atoms with Gasteiger partial charge in [-0.15, -0.1) is 23.2 Å². The smallest absolute Gasteiger partial charge is 0.185 e. The third-order valence-electron chi connectivity index (χ3n) is 3.08. The van der Waals surface area contributed by atoms with Gasteiger partial charge in [-0.05, 0) is 18.2 Å². The number of hydrogen-bond acceptors (Lipinski definition) is 3. The summed E-state index contributed by atoms with van der Waals surface area (Å²) in [7, 11) is 1.83. The van der Waals surface area contributed by atoms with Crippen molar-refractivity contribution >= 4 is 46.2 Å². The number of rotatable bonds is 6. The van der Waals surface area contributed by atoms with E-state index in [1.165, 1.54) is 0 Å². The third kappa shape index (κ3) is 2.85. The van der Waals surface area contributed by atoms with E-state index in [1.807, 2.05) is 25.2 Å². The summed E-state index contributed by atoms with van der Waals surface area (Å²) in [6.45, 7) is 1.46. The molecule has 0 atom stereocenters. The molecule has 0 spiro atoms. The molecule has 1 aromatic carbocycles. The molecular formula is C13H15Cl2N3O. The maximum Gasteiger partial charge on any atom is 0.185 e. The Balaban J connectivity index is 2.42. The van der Waals surface area contributed by atoms with E-state index in [-0.39, 0.29) is 0 Å². The molecule has 19 heavy (non-hydrogen) atoms. The van der Waals surface area contributed by atoms with Gasteiger partial charge >= 0.3 is 0 Å². The van der Waals surface area contributed by atoms with E-state index >= 15 is 0 Å². The quantitative estimate of drug-likeness (QED) is 0.608. The summed E-state index contributed by atoms with van der Waals surface area (Å²) >= 11 is 11.6. The Morgan fingerprint density at radius 3 is 2.58 bits per heavy atom. The number of anilines is 1. The molecule has 6 heteroatoms. The minimum absolute atomic E-state index is 0.424. The lowest BCUT2D eigenvalue weighted by molar-refractivity contribution is 0.111. The molecule has 102 valence electrons. The molecule has 2 rings (SSSR count). The van der Waals surface area contributed by atoms with Gasteiger partial charge in [-0.2, -0.15) is 0 Å². The molecule has 0 unspecified atom stereocenters. The first-order valence-corrected chi connectivity index (χ1v) is 7.06. The van der Waals surface area contributed by atoms with Crippen LogP contribution in [0.5, 0.6) is 0 Å². The SMILES string of the molecule is Cn1c(C=O)nc2cc(N(CCCl)CCCl)ccc21. The first kappa shape index (κ1) is 14.2. The predicted molar refractivity (Wildman–Crippen MR) is 79.8 cm³/mol. The van der Waals surface area contributed by atoms with Crippen molar-refractivity contribution in [2.75, 3.05) is 29.7 Å². The predicted octanol–water partition coefficient (Wildman–Crippen LogP) is 2.67. The summed E-state index contributed by atoms with van der Waals surface area (Å²) in [6, 6.07) is 5.92. The summed E-state index contributed by atoms with van der Waals surface area (Å²) < 4.78 is 1.78. The van der Waals surface area contributed by atoms with Crippen molar-refractivity contribution in [3.05, 3.63) is 24.0 Å². The number of carbonyl (C=O) groups excluding carboxylic acids is 1. The van der Waals surface area contributed by atoms with Crippen molar-refractivity contribution in [1.29, 1.82) is 0 Å². The van der Waals surface area contributed by atoms with E-state index in [2.05, 4.69) is 9.88 Å². The number of aromatic nitrogens is 2. The molecule has 0 N–H and O–H groups in total. The van der Waals surface area contributed by atoms with Crippen LogP contribution in [-0.4, -0.2) is 40.7 Å². The van der Waals surface area contributed by atoms with Crippen LogP contribution in [0.4, 0.5) is 5.69 Å². The molecule has 4 nitrogen and oxygen atoms in total. The van der Waals surface area contributed by atoms with Gasteiger partial charge < -0.3 is 9.47 Å². The van der Waals surface area contributed by atoms with Crippen LogP contribution in [0.2, 0.25) is 0 Å². The number of benzene rings is 1. The Morgan fingerprint density at radius 1 is 1.32 bits per heavy atom. The molecule has 0 fully saturated rings. The topological polar surface area (TPSA) is 38.1 Å². The monoisotopic (exact) mass is 299 g/mol.